The van der Waals surface area contributed by atoms with E-state index in [-0.39, 0.29) is 24.7 Å². The summed E-state index contributed by atoms with van der Waals surface area (Å²) in [6.45, 7) is 1.59. The van der Waals surface area contributed by atoms with Crippen LogP contribution in [0.25, 0.3) is 0 Å². The average molecular weight is 546 g/mol. The minimum atomic E-state index is -2.93. The molecule has 1 saturated carbocycles. The van der Waals surface area contributed by atoms with Gasteiger partial charge in [-0.05, 0) is 61.8 Å². The third-order valence-corrected chi connectivity index (χ3v) is 6.28. The van der Waals surface area contributed by atoms with Crippen molar-refractivity contribution >= 4 is 6.47 Å². The van der Waals surface area contributed by atoms with Crippen LogP contribution in [-0.2, 0) is 16.2 Å². The summed E-state index contributed by atoms with van der Waals surface area (Å²) >= 11 is 0. The molecule has 39 heavy (non-hydrogen) atoms. The Labute approximate surface area is 228 Å². The minimum absolute atomic E-state index is 0.239. The number of halogens is 2. The molecule has 2 aromatic rings. The van der Waals surface area contributed by atoms with Crippen molar-refractivity contribution in [2.45, 2.75) is 64.4 Å². The normalized spacial score (nSPS) is 17.0. The van der Waals surface area contributed by atoms with Crippen LogP contribution in [0.5, 0.6) is 11.5 Å². The SMILES string of the molecule is CCCC/C=C\C[C@H]1CCCC1/C=C/C(F)(F)COc1ccccc1.O=COc1ccccc1CO[N+](=O)[O-]. The van der Waals surface area contributed by atoms with Crippen LogP contribution < -0.4 is 9.47 Å². The zero-order valence-corrected chi connectivity index (χ0v) is 22.3. The van der Waals surface area contributed by atoms with Crippen molar-refractivity contribution in [3.63, 3.8) is 0 Å². The van der Waals surface area contributed by atoms with Gasteiger partial charge in [0.2, 0.25) is 0 Å². The molecule has 0 aromatic heterocycles. The third kappa shape index (κ3) is 13.0. The van der Waals surface area contributed by atoms with E-state index < -0.39 is 17.6 Å². The molecule has 2 aromatic carbocycles. The number of unbranched alkanes of at least 4 members (excludes halogenated alkanes) is 2. The van der Waals surface area contributed by atoms with E-state index in [2.05, 4.69) is 28.7 Å². The first-order valence-electron chi connectivity index (χ1n) is 13.2. The number of hydrogen-bond donors (Lipinski definition) is 0. The van der Waals surface area contributed by atoms with Crippen molar-refractivity contribution in [3.05, 3.63) is 94.6 Å². The monoisotopic (exact) mass is 545 g/mol. The van der Waals surface area contributed by atoms with Gasteiger partial charge in [-0.3, -0.25) is 4.79 Å². The summed E-state index contributed by atoms with van der Waals surface area (Å²) in [6.07, 6.45) is 15.1. The van der Waals surface area contributed by atoms with Gasteiger partial charge in [0, 0.05) is 5.56 Å². The summed E-state index contributed by atoms with van der Waals surface area (Å²) < 4.78 is 37.9. The molecule has 9 heteroatoms. The highest BCUT2D eigenvalue weighted by Gasteiger charge is 2.29. The lowest BCUT2D eigenvalue weighted by atomic mass is 9.92. The molecular weight excluding hydrogens is 508 g/mol. The van der Waals surface area contributed by atoms with Crippen LogP contribution in [0.1, 0.15) is 57.4 Å². The maximum absolute atomic E-state index is 14.1. The number of alkyl halides is 2. The fourth-order valence-electron chi connectivity index (χ4n) is 4.24. The molecule has 0 heterocycles. The molecule has 1 aliphatic carbocycles. The topological polar surface area (TPSA) is 87.9 Å². The van der Waals surface area contributed by atoms with Crippen molar-refractivity contribution in [1.29, 1.82) is 0 Å². The predicted octanol–water partition coefficient (Wildman–Crippen LogP) is 7.74. The van der Waals surface area contributed by atoms with Crippen molar-refractivity contribution in [1.82, 2.24) is 0 Å². The van der Waals surface area contributed by atoms with Crippen molar-refractivity contribution in [2.75, 3.05) is 6.61 Å². The highest BCUT2D eigenvalue weighted by molar-refractivity contribution is 5.47. The standard InChI is InChI=1S/C22H30F2O.C8H7NO5/c1-2-3-4-5-7-11-19-12-10-13-20(19)16-17-22(23,24)18-25-21-14-8-6-9-15-21;10-6-13-8-4-2-1-3-7(8)5-14-9(11)12/h5-9,14-17,19-20H,2-4,10-13,18H2,1H3;1-4,6H,5H2/b7-5-,17-16+;/t19-,20?;/m0./s1. The van der Waals surface area contributed by atoms with Gasteiger partial charge in [-0.2, -0.15) is 8.78 Å². The van der Waals surface area contributed by atoms with E-state index in [1.165, 1.54) is 18.9 Å². The Morgan fingerprint density at radius 3 is 2.54 bits per heavy atom. The second-order valence-corrected chi connectivity index (χ2v) is 9.24. The molecule has 3 rings (SSSR count). The second kappa shape index (κ2) is 17.7. The Morgan fingerprint density at radius 1 is 1.08 bits per heavy atom. The summed E-state index contributed by atoms with van der Waals surface area (Å²) in [5, 5.41) is 9.01. The fourth-order valence-corrected chi connectivity index (χ4v) is 4.24. The van der Waals surface area contributed by atoms with Gasteiger partial charge < -0.3 is 14.3 Å². The van der Waals surface area contributed by atoms with Crippen LogP contribution in [0.2, 0.25) is 0 Å². The lowest BCUT2D eigenvalue weighted by molar-refractivity contribution is -0.763. The molecule has 1 unspecified atom stereocenters. The van der Waals surface area contributed by atoms with Crippen LogP contribution >= 0.6 is 0 Å². The molecule has 1 fully saturated rings. The lowest BCUT2D eigenvalue weighted by Gasteiger charge is -2.17. The van der Waals surface area contributed by atoms with E-state index in [0.717, 1.165) is 38.2 Å². The summed E-state index contributed by atoms with van der Waals surface area (Å²) in [5.41, 5.74) is 0.441. The number of rotatable bonds is 15. The van der Waals surface area contributed by atoms with Gasteiger partial charge in [0.1, 0.15) is 18.1 Å². The second-order valence-electron chi connectivity index (χ2n) is 9.24. The smallest absolute Gasteiger partial charge is 0.299 e. The summed E-state index contributed by atoms with van der Waals surface area (Å²) in [7, 11) is 0. The first-order valence-corrected chi connectivity index (χ1v) is 13.2. The number of benzene rings is 2. The minimum Gasteiger partial charge on any atom is -0.487 e. The Kier molecular flexibility index (Phi) is 14.3. The first kappa shape index (κ1) is 31.5. The largest absolute Gasteiger partial charge is 0.487 e. The Morgan fingerprint density at radius 2 is 1.82 bits per heavy atom. The summed E-state index contributed by atoms with van der Waals surface area (Å²) in [5.74, 6) is -1.44. The maximum atomic E-state index is 14.1. The van der Waals surface area contributed by atoms with E-state index >= 15 is 0 Å². The fraction of sp³-hybridized carbons (Fsp3) is 0.433. The molecule has 0 spiro atoms. The molecular formula is C30H37F2NO6. The number of carbonyl (C=O) groups is 1. The summed E-state index contributed by atoms with van der Waals surface area (Å²) in [4.78, 5) is 24.1. The van der Waals surface area contributed by atoms with E-state index in [9.17, 15) is 23.7 Å². The van der Waals surface area contributed by atoms with Crippen molar-refractivity contribution < 1.29 is 33.0 Å². The Bertz CT molecular complexity index is 1040. The maximum Gasteiger partial charge on any atom is 0.299 e. The molecule has 0 amide bonds. The molecule has 0 radical (unpaired) electrons. The van der Waals surface area contributed by atoms with Crippen LogP contribution in [-0.4, -0.2) is 24.1 Å². The quantitative estimate of drug-likeness (QED) is 0.0748. The van der Waals surface area contributed by atoms with E-state index in [4.69, 9.17) is 4.74 Å². The molecule has 1 aliphatic rings. The highest BCUT2D eigenvalue weighted by Crippen LogP contribution is 2.36. The number of allylic oxidation sites excluding steroid dienone is 3. The Hall–Kier alpha value is -3.75. The van der Waals surface area contributed by atoms with Crippen molar-refractivity contribution in [3.8, 4) is 11.5 Å². The van der Waals surface area contributed by atoms with E-state index in [0.29, 0.717) is 17.2 Å². The van der Waals surface area contributed by atoms with Gasteiger partial charge in [-0.1, -0.05) is 80.8 Å². The number of hydrogen-bond acceptors (Lipinski definition) is 6. The van der Waals surface area contributed by atoms with Gasteiger partial charge in [0.05, 0.1) is 0 Å². The van der Waals surface area contributed by atoms with Gasteiger partial charge in [-0.15, -0.1) is 10.1 Å². The molecule has 0 aliphatic heterocycles. The van der Waals surface area contributed by atoms with E-state index in [1.807, 2.05) is 6.07 Å². The van der Waals surface area contributed by atoms with Crippen LogP contribution in [0.3, 0.4) is 0 Å². The van der Waals surface area contributed by atoms with Gasteiger partial charge in [-0.25, -0.2) is 0 Å². The number of carbonyl (C=O) groups excluding carboxylic acids is 1. The van der Waals surface area contributed by atoms with Crippen molar-refractivity contribution in [2.24, 2.45) is 11.8 Å². The predicted molar refractivity (Wildman–Crippen MR) is 145 cm³/mol. The molecule has 7 nitrogen and oxygen atoms in total. The summed E-state index contributed by atoms with van der Waals surface area (Å²) in [6, 6.07) is 15.2. The molecule has 0 N–H and O–H groups in total. The van der Waals surface area contributed by atoms with Crippen LogP contribution in [0.15, 0.2) is 78.9 Å². The van der Waals surface area contributed by atoms with Crippen LogP contribution in [0.4, 0.5) is 8.78 Å². The third-order valence-electron chi connectivity index (χ3n) is 6.28. The number of nitrogens with zero attached hydrogens (tertiary/aromatic N) is 1. The highest BCUT2D eigenvalue weighted by atomic mass is 19.3. The van der Waals surface area contributed by atoms with Gasteiger partial charge in [0.15, 0.2) is 6.61 Å². The molecule has 0 bridgehead atoms. The van der Waals surface area contributed by atoms with Crippen LogP contribution in [0, 0.1) is 22.0 Å². The molecule has 212 valence electrons. The lowest BCUT2D eigenvalue weighted by Crippen LogP contribution is -2.23. The number of para-hydroxylation sites is 2. The molecule has 0 saturated heterocycles. The van der Waals surface area contributed by atoms with E-state index in [1.54, 1.807) is 48.5 Å². The Balaban J connectivity index is 0.000000322. The van der Waals surface area contributed by atoms with Gasteiger partial charge in [0.25, 0.3) is 17.5 Å². The number of ether oxygens (including phenoxy) is 2. The first-order chi connectivity index (χ1) is 18.8. The zero-order chi connectivity index (χ0) is 28.3. The zero-order valence-electron chi connectivity index (χ0n) is 22.3. The van der Waals surface area contributed by atoms with Gasteiger partial charge >= 0.3 is 0 Å². The molecule has 2 atom stereocenters. The average Bonchev–Trinajstić information content (AvgIpc) is 3.39.